The van der Waals surface area contributed by atoms with Crippen molar-refractivity contribution in [2.45, 2.75) is 89.5 Å². The molecule has 0 bridgehead atoms. The predicted molar refractivity (Wildman–Crippen MR) is 123 cm³/mol. The number of hydrogen-bond donors (Lipinski definition) is 0. The molecule has 4 rings (SSSR count). The third kappa shape index (κ3) is 4.06. The molecule has 0 atom stereocenters. The van der Waals surface area contributed by atoms with E-state index < -0.39 is 0 Å². The lowest BCUT2D eigenvalue weighted by Crippen LogP contribution is -2.09. The van der Waals surface area contributed by atoms with Crippen molar-refractivity contribution in [2.24, 2.45) is 0 Å². The van der Waals surface area contributed by atoms with Gasteiger partial charge in [0.1, 0.15) is 16.2 Å². The summed E-state index contributed by atoms with van der Waals surface area (Å²) in [6.07, 6.45) is 15.6. The molecular formula is C23H31N3S2. The van der Waals surface area contributed by atoms with Gasteiger partial charge in [-0.2, -0.15) is 0 Å². The zero-order valence-corrected chi connectivity index (χ0v) is 18.9. The maximum atomic E-state index is 5.13. The van der Waals surface area contributed by atoms with Crippen molar-refractivity contribution < 1.29 is 0 Å². The van der Waals surface area contributed by atoms with E-state index in [-0.39, 0.29) is 0 Å². The van der Waals surface area contributed by atoms with E-state index in [1.54, 1.807) is 11.9 Å². The van der Waals surface area contributed by atoms with Gasteiger partial charge in [-0.15, -0.1) is 23.1 Å². The predicted octanol–water partition coefficient (Wildman–Crippen LogP) is 7.13. The highest BCUT2D eigenvalue weighted by Crippen LogP contribution is 2.41. The van der Waals surface area contributed by atoms with Crippen LogP contribution in [0.25, 0.3) is 20.4 Å². The van der Waals surface area contributed by atoms with Crippen LogP contribution < -0.4 is 0 Å². The van der Waals surface area contributed by atoms with Gasteiger partial charge in [0.25, 0.3) is 0 Å². The van der Waals surface area contributed by atoms with Crippen molar-refractivity contribution in [2.75, 3.05) is 5.75 Å². The number of thiophene rings is 1. The topological polar surface area (TPSA) is 38.7 Å². The first-order valence-corrected chi connectivity index (χ1v) is 12.8. The summed E-state index contributed by atoms with van der Waals surface area (Å²) >= 11 is 3.72. The van der Waals surface area contributed by atoms with Crippen LogP contribution in [0, 0.1) is 0 Å². The first kappa shape index (κ1) is 20.1. The second-order valence-electron chi connectivity index (χ2n) is 7.87. The molecule has 0 radical (unpaired) electrons. The van der Waals surface area contributed by atoms with Gasteiger partial charge < -0.3 is 0 Å². The van der Waals surface area contributed by atoms with E-state index in [9.17, 15) is 0 Å². The van der Waals surface area contributed by atoms with Crippen LogP contribution in [0.1, 0.15) is 82.0 Å². The van der Waals surface area contributed by atoms with Crippen LogP contribution >= 0.6 is 23.1 Å². The molecule has 150 valence electrons. The number of hydrogen-bond acceptors (Lipinski definition) is 5. The smallest absolute Gasteiger partial charge is 0.126 e. The van der Waals surface area contributed by atoms with Crippen molar-refractivity contribution >= 4 is 43.5 Å². The third-order valence-corrected chi connectivity index (χ3v) is 8.03. The first-order chi connectivity index (χ1) is 13.8. The summed E-state index contributed by atoms with van der Waals surface area (Å²) in [5, 5.41) is 2.49. The van der Waals surface area contributed by atoms with E-state index in [0.29, 0.717) is 0 Å². The molecule has 28 heavy (non-hydrogen) atoms. The Morgan fingerprint density at radius 1 is 0.964 bits per heavy atom. The fourth-order valence-corrected chi connectivity index (χ4v) is 6.59. The van der Waals surface area contributed by atoms with Crippen LogP contribution in [-0.2, 0) is 19.3 Å². The van der Waals surface area contributed by atoms with Crippen LogP contribution in [0.5, 0.6) is 0 Å². The van der Waals surface area contributed by atoms with Gasteiger partial charge in [-0.25, -0.2) is 15.0 Å². The van der Waals surface area contributed by atoms with Gasteiger partial charge in [0.15, 0.2) is 0 Å². The van der Waals surface area contributed by atoms with E-state index >= 15 is 0 Å². The van der Waals surface area contributed by atoms with Gasteiger partial charge in [0.05, 0.1) is 10.2 Å². The maximum absolute atomic E-state index is 5.13. The Bertz CT molecular complexity index is 948. The second-order valence-corrected chi connectivity index (χ2v) is 9.96. The molecule has 3 nitrogen and oxygen atoms in total. The van der Waals surface area contributed by atoms with Gasteiger partial charge in [-0.05, 0) is 55.4 Å². The van der Waals surface area contributed by atoms with Crippen LogP contribution in [0.3, 0.4) is 0 Å². The number of unbranched alkanes of at least 4 members (excludes halogenated alkanes) is 4. The lowest BCUT2D eigenvalue weighted by molar-refractivity contribution is 0.659. The summed E-state index contributed by atoms with van der Waals surface area (Å²) in [5.74, 6) is 1.15. The molecule has 3 aromatic rings. The molecule has 3 heterocycles. The van der Waals surface area contributed by atoms with Crippen molar-refractivity contribution in [3.63, 3.8) is 0 Å². The summed E-state index contributed by atoms with van der Waals surface area (Å²) in [7, 11) is 0. The minimum atomic E-state index is 1.09. The van der Waals surface area contributed by atoms with E-state index in [1.807, 2.05) is 23.1 Å². The number of fused-ring (bicyclic) bond motifs is 5. The highest BCUT2D eigenvalue weighted by Gasteiger charge is 2.22. The average Bonchev–Trinajstić information content (AvgIpc) is 3.10. The molecule has 5 heteroatoms. The van der Waals surface area contributed by atoms with Crippen molar-refractivity contribution in [1.29, 1.82) is 0 Å². The Morgan fingerprint density at radius 3 is 2.61 bits per heavy atom. The molecule has 0 aliphatic heterocycles. The molecule has 1 aliphatic carbocycles. The largest absolute Gasteiger partial charge is 0.242 e. The maximum Gasteiger partial charge on any atom is 0.126 e. The second kappa shape index (κ2) is 9.53. The molecule has 0 N–H and O–H groups in total. The first-order valence-electron chi connectivity index (χ1n) is 11.0. The quantitative estimate of drug-likeness (QED) is 0.212. The zero-order chi connectivity index (χ0) is 19.3. The third-order valence-electron chi connectivity index (χ3n) is 5.75. The Hall–Kier alpha value is -1.20. The zero-order valence-electron chi connectivity index (χ0n) is 17.2. The lowest BCUT2D eigenvalue weighted by Gasteiger charge is -2.19. The molecule has 0 unspecified atom stereocenters. The van der Waals surface area contributed by atoms with Gasteiger partial charge >= 0.3 is 0 Å². The highest BCUT2D eigenvalue weighted by atomic mass is 32.2. The van der Waals surface area contributed by atoms with Crippen LogP contribution in [0.4, 0.5) is 0 Å². The number of rotatable bonds is 9. The minimum Gasteiger partial charge on any atom is -0.242 e. The Balaban J connectivity index is 1.68. The average molecular weight is 414 g/mol. The number of nitrogens with zero attached hydrogens (tertiary/aromatic N) is 3. The number of aryl methyl sites for hydroxylation is 2. The molecule has 0 spiro atoms. The van der Waals surface area contributed by atoms with Crippen molar-refractivity contribution in [3.05, 3.63) is 23.1 Å². The van der Waals surface area contributed by atoms with Gasteiger partial charge in [0, 0.05) is 11.1 Å². The fourth-order valence-electron chi connectivity index (χ4n) is 4.34. The molecule has 0 saturated carbocycles. The summed E-state index contributed by atoms with van der Waals surface area (Å²) in [5.41, 5.74) is 5.57. The SMILES string of the molecule is CCCCCCCSc1ncnc2c1sc1nc(CCC)c3c(c12)CCCC3. The number of aromatic nitrogens is 3. The number of thioether (sulfide) groups is 1. The summed E-state index contributed by atoms with van der Waals surface area (Å²) in [4.78, 5) is 15.7. The van der Waals surface area contributed by atoms with Crippen molar-refractivity contribution in [1.82, 2.24) is 15.0 Å². The normalized spacial score (nSPS) is 14.1. The molecule has 0 aromatic carbocycles. The van der Waals surface area contributed by atoms with Gasteiger partial charge in [0.2, 0.25) is 0 Å². The van der Waals surface area contributed by atoms with Gasteiger partial charge in [-0.1, -0.05) is 46.0 Å². The summed E-state index contributed by atoms with van der Waals surface area (Å²) in [6, 6.07) is 0. The summed E-state index contributed by atoms with van der Waals surface area (Å²) < 4.78 is 1.25. The Labute approximate surface area is 176 Å². The van der Waals surface area contributed by atoms with E-state index in [2.05, 4.69) is 18.8 Å². The molecule has 0 fully saturated rings. The van der Waals surface area contributed by atoms with Crippen LogP contribution in [0.15, 0.2) is 11.4 Å². The Morgan fingerprint density at radius 2 is 1.79 bits per heavy atom. The molecule has 0 saturated heterocycles. The Kier molecular flexibility index (Phi) is 6.84. The standard InChI is InChI=1S/C23H31N3S2/c1-3-5-6-7-10-14-27-23-21-20(24-15-25-23)19-17-13-9-8-12-16(17)18(11-4-2)26-22(19)28-21/h15H,3-14H2,1-2H3. The number of pyridine rings is 1. The van der Waals surface area contributed by atoms with Crippen LogP contribution in [-0.4, -0.2) is 20.7 Å². The molecule has 3 aromatic heterocycles. The molecule has 0 amide bonds. The monoisotopic (exact) mass is 413 g/mol. The van der Waals surface area contributed by atoms with Crippen LogP contribution in [0.2, 0.25) is 0 Å². The molecule has 1 aliphatic rings. The minimum absolute atomic E-state index is 1.09. The van der Waals surface area contributed by atoms with Crippen molar-refractivity contribution in [3.8, 4) is 0 Å². The van der Waals surface area contributed by atoms with E-state index in [0.717, 1.165) is 29.1 Å². The highest BCUT2D eigenvalue weighted by molar-refractivity contribution is 7.99. The summed E-state index contributed by atoms with van der Waals surface area (Å²) in [6.45, 7) is 4.53. The molecular weight excluding hydrogens is 382 g/mol. The van der Waals surface area contributed by atoms with E-state index in [4.69, 9.17) is 9.97 Å². The lowest BCUT2D eigenvalue weighted by atomic mass is 9.88. The van der Waals surface area contributed by atoms with E-state index in [1.165, 1.54) is 84.0 Å². The van der Waals surface area contributed by atoms with Gasteiger partial charge in [-0.3, -0.25) is 0 Å². The fraction of sp³-hybridized carbons (Fsp3) is 0.609.